The Morgan fingerprint density at radius 1 is 1.46 bits per heavy atom. The van der Waals surface area contributed by atoms with Crippen molar-refractivity contribution >= 4 is 0 Å². The van der Waals surface area contributed by atoms with Gasteiger partial charge in [-0.25, -0.2) is 0 Å². The fraction of sp³-hybridized carbons (Fsp3) is 0.500. The third-order valence-corrected chi connectivity index (χ3v) is 2.00. The predicted molar refractivity (Wildman–Crippen MR) is 51.9 cm³/mol. The summed E-state index contributed by atoms with van der Waals surface area (Å²) < 4.78 is 1.55. The lowest BCUT2D eigenvalue weighted by Gasteiger charge is -2.04. The number of aromatic nitrogens is 1. The lowest BCUT2D eigenvalue weighted by molar-refractivity contribution is 0.454. The SMILES string of the molecule is CCCCCn1cccc(O)c1=O. The highest BCUT2D eigenvalue weighted by Crippen LogP contribution is 2.00. The molecule has 0 spiro atoms. The second kappa shape index (κ2) is 4.70. The summed E-state index contributed by atoms with van der Waals surface area (Å²) in [7, 11) is 0. The molecule has 0 aliphatic carbocycles. The Kier molecular flexibility index (Phi) is 3.55. The number of pyridine rings is 1. The van der Waals surface area contributed by atoms with Crippen LogP contribution in [0.25, 0.3) is 0 Å². The summed E-state index contributed by atoms with van der Waals surface area (Å²) in [4.78, 5) is 11.3. The highest BCUT2D eigenvalue weighted by molar-refractivity contribution is 5.14. The van der Waals surface area contributed by atoms with E-state index in [4.69, 9.17) is 5.11 Å². The van der Waals surface area contributed by atoms with Crippen molar-refractivity contribution in [2.45, 2.75) is 32.7 Å². The van der Waals surface area contributed by atoms with Crippen LogP contribution in [0.3, 0.4) is 0 Å². The standard InChI is InChI=1S/C10H15NO2/c1-2-3-4-7-11-8-5-6-9(12)10(11)13/h5-6,8,12H,2-4,7H2,1H3. The molecule has 72 valence electrons. The highest BCUT2D eigenvalue weighted by Gasteiger charge is 1.99. The molecule has 0 saturated carbocycles. The van der Waals surface area contributed by atoms with Crippen LogP contribution in [0.1, 0.15) is 26.2 Å². The van der Waals surface area contributed by atoms with Crippen LogP contribution in [-0.4, -0.2) is 9.67 Å². The van der Waals surface area contributed by atoms with Crippen LogP contribution >= 0.6 is 0 Å². The van der Waals surface area contributed by atoms with E-state index in [0.717, 1.165) is 19.3 Å². The normalized spacial score (nSPS) is 10.2. The zero-order valence-electron chi connectivity index (χ0n) is 7.86. The molecule has 3 heteroatoms. The summed E-state index contributed by atoms with van der Waals surface area (Å²) in [5.74, 6) is -0.168. The van der Waals surface area contributed by atoms with Gasteiger partial charge in [-0.1, -0.05) is 19.8 Å². The van der Waals surface area contributed by atoms with Gasteiger partial charge in [-0.3, -0.25) is 4.79 Å². The van der Waals surface area contributed by atoms with Gasteiger partial charge in [0, 0.05) is 12.7 Å². The Morgan fingerprint density at radius 3 is 2.92 bits per heavy atom. The van der Waals surface area contributed by atoms with Crippen LogP contribution in [0.15, 0.2) is 23.1 Å². The maximum atomic E-state index is 11.3. The van der Waals surface area contributed by atoms with Crippen molar-refractivity contribution in [2.24, 2.45) is 0 Å². The summed E-state index contributed by atoms with van der Waals surface area (Å²) in [5.41, 5.74) is -0.293. The first kappa shape index (κ1) is 9.84. The third kappa shape index (κ3) is 2.61. The van der Waals surface area contributed by atoms with E-state index in [9.17, 15) is 4.79 Å². The van der Waals surface area contributed by atoms with E-state index in [1.807, 2.05) is 0 Å². The summed E-state index contributed by atoms with van der Waals surface area (Å²) in [5, 5.41) is 9.12. The average molecular weight is 181 g/mol. The van der Waals surface area contributed by atoms with Crippen molar-refractivity contribution in [3.05, 3.63) is 28.7 Å². The van der Waals surface area contributed by atoms with E-state index in [1.54, 1.807) is 16.8 Å². The quantitative estimate of drug-likeness (QED) is 0.719. The molecule has 0 radical (unpaired) electrons. The molecule has 1 rings (SSSR count). The molecule has 1 heterocycles. The van der Waals surface area contributed by atoms with Crippen molar-refractivity contribution in [3.8, 4) is 5.75 Å². The summed E-state index contributed by atoms with van der Waals surface area (Å²) in [6.45, 7) is 2.81. The van der Waals surface area contributed by atoms with E-state index in [0.29, 0.717) is 6.54 Å². The Bertz CT molecular complexity index is 317. The van der Waals surface area contributed by atoms with Gasteiger partial charge in [0.2, 0.25) is 0 Å². The monoisotopic (exact) mass is 181 g/mol. The molecule has 0 aromatic carbocycles. The molecule has 1 aromatic rings. The number of hydrogen-bond acceptors (Lipinski definition) is 2. The van der Waals surface area contributed by atoms with Gasteiger partial charge in [-0.2, -0.15) is 0 Å². The van der Waals surface area contributed by atoms with Crippen molar-refractivity contribution in [2.75, 3.05) is 0 Å². The molecule has 0 saturated heterocycles. The molecule has 0 atom stereocenters. The van der Waals surface area contributed by atoms with Crippen LogP contribution in [0.4, 0.5) is 0 Å². The molecule has 0 aliphatic heterocycles. The van der Waals surface area contributed by atoms with E-state index in [2.05, 4.69) is 6.92 Å². The average Bonchev–Trinajstić information content (AvgIpc) is 2.13. The van der Waals surface area contributed by atoms with E-state index in [1.165, 1.54) is 6.07 Å². The van der Waals surface area contributed by atoms with Gasteiger partial charge in [-0.05, 0) is 18.6 Å². The molecule has 0 fully saturated rings. The van der Waals surface area contributed by atoms with Crippen LogP contribution in [0.2, 0.25) is 0 Å². The third-order valence-electron chi connectivity index (χ3n) is 2.00. The minimum absolute atomic E-state index is 0.168. The Morgan fingerprint density at radius 2 is 2.23 bits per heavy atom. The lowest BCUT2D eigenvalue weighted by Crippen LogP contribution is -2.18. The molecule has 3 nitrogen and oxygen atoms in total. The number of nitrogens with zero attached hydrogens (tertiary/aromatic N) is 1. The molecule has 0 bridgehead atoms. The Labute approximate surface area is 77.6 Å². The second-order valence-corrected chi connectivity index (χ2v) is 3.10. The number of rotatable bonds is 4. The van der Waals surface area contributed by atoms with Crippen LogP contribution < -0.4 is 5.56 Å². The van der Waals surface area contributed by atoms with E-state index in [-0.39, 0.29) is 11.3 Å². The van der Waals surface area contributed by atoms with Gasteiger partial charge in [-0.15, -0.1) is 0 Å². The zero-order chi connectivity index (χ0) is 9.68. The summed E-state index contributed by atoms with van der Waals surface area (Å²) in [6.07, 6.45) is 4.94. The van der Waals surface area contributed by atoms with Gasteiger partial charge >= 0.3 is 0 Å². The predicted octanol–water partition coefficient (Wildman–Crippen LogP) is 1.74. The van der Waals surface area contributed by atoms with Crippen LogP contribution in [0, 0.1) is 0 Å². The van der Waals surface area contributed by atoms with Crippen molar-refractivity contribution in [1.82, 2.24) is 4.57 Å². The Hall–Kier alpha value is -1.25. The molecular weight excluding hydrogens is 166 g/mol. The molecule has 1 N–H and O–H groups in total. The summed E-state index contributed by atoms with van der Waals surface area (Å²) >= 11 is 0. The Balaban J connectivity index is 2.67. The first-order valence-electron chi connectivity index (χ1n) is 4.64. The number of hydrogen-bond donors (Lipinski definition) is 1. The lowest BCUT2D eigenvalue weighted by atomic mass is 10.2. The number of aryl methyl sites for hydroxylation is 1. The molecule has 1 aromatic heterocycles. The largest absolute Gasteiger partial charge is 0.503 e. The van der Waals surface area contributed by atoms with Crippen molar-refractivity contribution < 1.29 is 5.11 Å². The maximum absolute atomic E-state index is 11.3. The topological polar surface area (TPSA) is 42.2 Å². The molecular formula is C10H15NO2. The minimum Gasteiger partial charge on any atom is -0.503 e. The van der Waals surface area contributed by atoms with Gasteiger partial charge in [0.25, 0.3) is 5.56 Å². The van der Waals surface area contributed by atoms with Gasteiger partial charge in [0.05, 0.1) is 0 Å². The van der Waals surface area contributed by atoms with Gasteiger partial charge in [0.15, 0.2) is 5.75 Å². The van der Waals surface area contributed by atoms with Gasteiger partial charge < -0.3 is 9.67 Å². The van der Waals surface area contributed by atoms with Crippen molar-refractivity contribution in [1.29, 1.82) is 0 Å². The molecule has 0 aliphatic rings. The zero-order valence-corrected chi connectivity index (χ0v) is 7.86. The molecule has 13 heavy (non-hydrogen) atoms. The number of unbranched alkanes of at least 4 members (excludes halogenated alkanes) is 2. The fourth-order valence-electron chi connectivity index (χ4n) is 1.23. The maximum Gasteiger partial charge on any atom is 0.292 e. The molecule has 0 unspecified atom stereocenters. The highest BCUT2D eigenvalue weighted by atomic mass is 16.3. The van der Waals surface area contributed by atoms with Gasteiger partial charge in [0.1, 0.15) is 0 Å². The number of aromatic hydroxyl groups is 1. The van der Waals surface area contributed by atoms with E-state index >= 15 is 0 Å². The minimum atomic E-state index is -0.293. The summed E-state index contributed by atoms with van der Waals surface area (Å²) in [6, 6.07) is 3.10. The fourth-order valence-corrected chi connectivity index (χ4v) is 1.23. The second-order valence-electron chi connectivity index (χ2n) is 3.10. The van der Waals surface area contributed by atoms with Crippen LogP contribution in [0.5, 0.6) is 5.75 Å². The smallest absolute Gasteiger partial charge is 0.292 e. The van der Waals surface area contributed by atoms with Crippen LogP contribution in [-0.2, 0) is 6.54 Å². The molecule has 0 amide bonds. The first-order chi connectivity index (χ1) is 6.25. The first-order valence-corrected chi connectivity index (χ1v) is 4.64. The van der Waals surface area contributed by atoms with Crippen molar-refractivity contribution in [3.63, 3.8) is 0 Å². The van der Waals surface area contributed by atoms with E-state index < -0.39 is 0 Å².